The number of hydrogen-bond acceptors (Lipinski definition) is 3. The third-order valence-corrected chi connectivity index (χ3v) is 1.25. The van der Waals surface area contributed by atoms with Crippen LogP contribution in [0.3, 0.4) is 0 Å². The van der Waals surface area contributed by atoms with Gasteiger partial charge in [0.15, 0.2) is 0 Å². The fourth-order valence-corrected chi connectivity index (χ4v) is 0.383. The lowest BCUT2D eigenvalue weighted by molar-refractivity contribution is 0.308. The molecule has 0 atom stereocenters. The maximum absolute atomic E-state index is 11.9. The molecule has 0 saturated heterocycles. The lowest BCUT2D eigenvalue weighted by Gasteiger charge is -2.12. The molecule has 0 heterocycles. The molecule has 0 aromatic carbocycles. The van der Waals surface area contributed by atoms with E-state index in [0.29, 0.717) is 0 Å². The van der Waals surface area contributed by atoms with Crippen molar-refractivity contribution >= 4 is 5.71 Å². The van der Waals surface area contributed by atoms with E-state index in [9.17, 15) is 4.39 Å². The van der Waals surface area contributed by atoms with Crippen molar-refractivity contribution in [2.45, 2.75) is 13.8 Å². The number of nitrogens with zero attached hydrogens (tertiary/aromatic N) is 2. The second-order valence-corrected chi connectivity index (χ2v) is 2.42. The molecular formula is C6H9FN2O. The van der Waals surface area contributed by atoms with Gasteiger partial charge in [-0.2, -0.15) is 5.26 Å². The first-order chi connectivity index (χ1) is 4.58. The molecule has 1 N–H and O–H groups in total. The van der Waals surface area contributed by atoms with Crippen molar-refractivity contribution in [2.24, 2.45) is 10.6 Å². The molecule has 10 heavy (non-hydrogen) atoms. The fourth-order valence-electron chi connectivity index (χ4n) is 0.383. The minimum atomic E-state index is -1.01. The van der Waals surface area contributed by atoms with Gasteiger partial charge in [-0.05, 0) is 13.8 Å². The van der Waals surface area contributed by atoms with Gasteiger partial charge in [0.2, 0.25) is 0 Å². The summed E-state index contributed by atoms with van der Waals surface area (Å²) in [4.78, 5) is 0. The highest BCUT2D eigenvalue weighted by Crippen LogP contribution is 2.15. The maximum atomic E-state index is 11.9. The predicted octanol–water partition coefficient (Wildman–Crippen LogP) is 1.34. The molecule has 0 aliphatic rings. The molecule has 0 aromatic heterocycles. The number of nitriles is 1. The van der Waals surface area contributed by atoms with Gasteiger partial charge in [-0.15, -0.1) is 0 Å². The van der Waals surface area contributed by atoms with Crippen LogP contribution in [0.2, 0.25) is 0 Å². The van der Waals surface area contributed by atoms with Crippen LogP contribution in [-0.4, -0.2) is 17.6 Å². The SMILES string of the molecule is CC(C)(C#N)C(CF)=NO. The quantitative estimate of drug-likeness (QED) is 0.361. The average Bonchev–Trinajstić information content (AvgIpc) is 1.90. The van der Waals surface area contributed by atoms with Crippen molar-refractivity contribution in [3.63, 3.8) is 0 Å². The number of oxime groups is 1. The first-order valence-electron chi connectivity index (χ1n) is 2.77. The van der Waals surface area contributed by atoms with Gasteiger partial charge < -0.3 is 5.21 Å². The largest absolute Gasteiger partial charge is 0.411 e. The van der Waals surface area contributed by atoms with Crippen LogP contribution in [0.25, 0.3) is 0 Å². The highest BCUT2D eigenvalue weighted by Gasteiger charge is 2.24. The molecule has 0 fully saturated rings. The summed E-state index contributed by atoms with van der Waals surface area (Å²) in [5.41, 5.74) is -1.15. The summed E-state index contributed by atoms with van der Waals surface area (Å²) < 4.78 is 11.9. The molecule has 0 rings (SSSR count). The highest BCUT2D eigenvalue weighted by molar-refractivity contribution is 5.92. The number of hydrogen-bond donors (Lipinski definition) is 1. The van der Waals surface area contributed by atoms with Crippen LogP contribution in [0.1, 0.15) is 13.8 Å². The fraction of sp³-hybridized carbons (Fsp3) is 0.667. The molecule has 0 amide bonds. The number of alkyl halides is 1. The van der Waals surface area contributed by atoms with Crippen LogP contribution in [0.4, 0.5) is 4.39 Å². The van der Waals surface area contributed by atoms with Gasteiger partial charge in [-0.25, -0.2) is 4.39 Å². The van der Waals surface area contributed by atoms with Crippen molar-refractivity contribution in [1.29, 1.82) is 5.26 Å². The van der Waals surface area contributed by atoms with E-state index in [1.54, 1.807) is 0 Å². The Bertz CT molecular complexity index is 181. The molecule has 3 nitrogen and oxygen atoms in total. The van der Waals surface area contributed by atoms with Crippen LogP contribution in [0, 0.1) is 16.7 Å². The molecular weight excluding hydrogens is 135 g/mol. The summed E-state index contributed by atoms with van der Waals surface area (Å²) in [5, 5.41) is 19.3. The van der Waals surface area contributed by atoms with Gasteiger partial charge in [0.1, 0.15) is 12.4 Å². The van der Waals surface area contributed by atoms with Crippen LogP contribution in [-0.2, 0) is 0 Å². The Hall–Kier alpha value is -1.11. The van der Waals surface area contributed by atoms with Crippen LogP contribution in [0.5, 0.6) is 0 Å². The first-order valence-corrected chi connectivity index (χ1v) is 2.77. The summed E-state index contributed by atoms with van der Waals surface area (Å²) in [6.07, 6.45) is 0. The molecule has 0 saturated carbocycles. The highest BCUT2D eigenvalue weighted by atomic mass is 19.1. The van der Waals surface area contributed by atoms with Gasteiger partial charge in [0.05, 0.1) is 11.5 Å². The number of halogens is 1. The van der Waals surface area contributed by atoms with E-state index in [1.165, 1.54) is 13.8 Å². The minimum Gasteiger partial charge on any atom is -0.411 e. The molecule has 0 aliphatic heterocycles. The molecule has 0 aromatic rings. The molecule has 4 heteroatoms. The Morgan fingerprint density at radius 1 is 1.80 bits per heavy atom. The van der Waals surface area contributed by atoms with Gasteiger partial charge in [-0.3, -0.25) is 0 Å². The molecule has 0 unspecified atom stereocenters. The topological polar surface area (TPSA) is 56.4 Å². The second kappa shape index (κ2) is 3.16. The smallest absolute Gasteiger partial charge is 0.132 e. The zero-order valence-electron chi connectivity index (χ0n) is 5.93. The van der Waals surface area contributed by atoms with Gasteiger partial charge in [0.25, 0.3) is 0 Å². The lowest BCUT2D eigenvalue weighted by Crippen LogP contribution is -2.23. The standard InChI is InChI=1S/C6H9FN2O/c1-6(2,4-8)5(3-7)9-10/h10H,3H2,1-2H3. The van der Waals surface area contributed by atoms with Crippen molar-refractivity contribution in [2.75, 3.05) is 6.67 Å². The third-order valence-electron chi connectivity index (χ3n) is 1.25. The van der Waals surface area contributed by atoms with E-state index < -0.39 is 12.1 Å². The lowest BCUT2D eigenvalue weighted by atomic mass is 9.90. The van der Waals surface area contributed by atoms with Crippen molar-refractivity contribution in [1.82, 2.24) is 0 Å². The summed E-state index contributed by atoms with van der Waals surface area (Å²) in [7, 11) is 0. The Kier molecular flexibility index (Phi) is 2.81. The summed E-state index contributed by atoms with van der Waals surface area (Å²) in [6, 6.07) is 1.81. The normalized spacial score (nSPS) is 12.8. The summed E-state index contributed by atoms with van der Waals surface area (Å²) >= 11 is 0. The van der Waals surface area contributed by atoms with Crippen molar-refractivity contribution < 1.29 is 9.60 Å². The van der Waals surface area contributed by atoms with E-state index in [1.807, 2.05) is 6.07 Å². The molecule has 0 radical (unpaired) electrons. The monoisotopic (exact) mass is 144 g/mol. The zero-order chi connectivity index (χ0) is 8.20. The van der Waals surface area contributed by atoms with Crippen LogP contribution < -0.4 is 0 Å². The summed E-state index contributed by atoms with van der Waals surface area (Å²) in [5.74, 6) is 0. The average molecular weight is 144 g/mol. The summed E-state index contributed by atoms with van der Waals surface area (Å²) in [6.45, 7) is 2.08. The molecule has 0 spiro atoms. The second-order valence-electron chi connectivity index (χ2n) is 2.42. The molecule has 0 bridgehead atoms. The van der Waals surface area contributed by atoms with E-state index in [2.05, 4.69) is 5.16 Å². The van der Waals surface area contributed by atoms with Crippen LogP contribution >= 0.6 is 0 Å². The van der Waals surface area contributed by atoms with Gasteiger partial charge in [-0.1, -0.05) is 5.16 Å². The van der Waals surface area contributed by atoms with Crippen molar-refractivity contribution in [3.8, 4) is 6.07 Å². The van der Waals surface area contributed by atoms with E-state index >= 15 is 0 Å². The molecule has 56 valence electrons. The Labute approximate surface area is 58.8 Å². The van der Waals surface area contributed by atoms with Crippen LogP contribution in [0.15, 0.2) is 5.16 Å². The number of rotatable bonds is 2. The van der Waals surface area contributed by atoms with E-state index in [-0.39, 0.29) is 5.71 Å². The minimum absolute atomic E-state index is 0.144. The van der Waals surface area contributed by atoms with Gasteiger partial charge in [0, 0.05) is 0 Å². The van der Waals surface area contributed by atoms with Gasteiger partial charge >= 0.3 is 0 Å². The van der Waals surface area contributed by atoms with Crippen molar-refractivity contribution in [3.05, 3.63) is 0 Å². The van der Waals surface area contributed by atoms with E-state index in [4.69, 9.17) is 10.5 Å². The van der Waals surface area contributed by atoms with E-state index in [0.717, 1.165) is 0 Å². The first kappa shape index (κ1) is 8.89. The maximum Gasteiger partial charge on any atom is 0.132 e. The Balaban J connectivity index is 4.48. The predicted molar refractivity (Wildman–Crippen MR) is 34.6 cm³/mol. The third kappa shape index (κ3) is 1.69. The molecule has 0 aliphatic carbocycles. The zero-order valence-corrected chi connectivity index (χ0v) is 5.93. The Morgan fingerprint density at radius 3 is 2.40 bits per heavy atom. The Morgan fingerprint density at radius 2 is 2.30 bits per heavy atom.